The van der Waals surface area contributed by atoms with Crippen LogP contribution in [-0.2, 0) is 20.3 Å². The van der Waals surface area contributed by atoms with Gasteiger partial charge in [-0.15, -0.1) is 0 Å². The highest BCUT2D eigenvalue weighted by molar-refractivity contribution is 7.87. The normalized spacial score (nSPS) is 16.3. The Kier molecular flexibility index (Phi) is 5.75. The molecule has 0 aliphatic heterocycles. The van der Waals surface area contributed by atoms with E-state index in [9.17, 15) is 9.00 Å². The van der Waals surface area contributed by atoms with E-state index in [-0.39, 0.29) is 12.4 Å². The summed E-state index contributed by atoms with van der Waals surface area (Å²) < 4.78 is 15.8. The topological polar surface area (TPSA) is 69.4 Å². The summed E-state index contributed by atoms with van der Waals surface area (Å²) in [4.78, 5) is 11.3. The molecule has 0 heterocycles. The highest BCUT2D eigenvalue weighted by Gasteiger charge is 2.17. The molecule has 5 heteroatoms. The Morgan fingerprint density at radius 2 is 2.07 bits per heavy atom. The quantitative estimate of drug-likeness (QED) is 0.734. The van der Waals surface area contributed by atoms with E-state index in [0.29, 0.717) is 0 Å². The summed E-state index contributed by atoms with van der Waals surface area (Å²) >= 11 is 0. The van der Waals surface area contributed by atoms with Crippen molar-refractivity contribution in [1.82, 2.24) is 0 Å². The SMILES string of the molecule is CS(=O)/C=C/C(N)CC(=O)OC(C)(C)C. The molecule has 88 valence electrons. The maximum absolute atomic E-state index is 11.3. The highest BCUT2D eigenvalue weighted by Crippen LogP contribution is 2.09. The summed E-state index contributed by atoms with van der Waals surface area (Å²) in [7, 11) is -1.03. The van der Waals surface area contributed by atoms with Crippen molar-refractivity contribution < 1.29 is 13.7 Å². The first-order chi connectivity index (χ1) is 6.70. The molecule has 2 unspecified atom stereocenters. The number of carbonyl (C=O) groups is 1. The number of ether oxygens (including phenoxy) is 1. The van der Waals surface area contributed by atoms with Crippen molar-refractivity contribution in [1.29, 1.82) is 0 Å². The van der Waals surface area contributed by atoms with Crippen molar-refractivity contribution in [2.75, 3.05) is 6.26 Å². The number of rotatable bonds is 4. The largest absolute Gasteiger partial charge is 0.460 e. The van der Waals surface area contributed by atoms with Gasteiger partial charge in [0.1, 0.15) is 5.60 Å². The number of hydrogen-bond acceptors (Lipinski definition) is 4. The van der Waals surface area contributed by atoms with Crippen LogP contribution in [0.5, 0.6) is 0 Å². The van der Waals surface area contributed by atoms with Crippen LogP contribution in [0, 0.1) is 0 Å². The predicted octanol–water partition coefficient (Wildman–Crippen LogP) is 0.938. The number of carbonyl (C=O) groups excluding carboxylic acids is 1. The third kappa shape index (κ3) is 9.62. The van der Waals surface area contributed by atoms with Crippen molar-refractivity contribution in [3.63, 3.8) is 0 Å². The zero-order valence-electron chi connectivity index (χ0n) is 9.65. The van der Waals surface area contributed by atoms with Crippen LogP contribution < -0.4 is 5.73 Å². The molecule has 2 N–H and O–H groups in total. The number of hydrogen-bond donors (Lipinski definition) is 1. The van der Waals surface area contributed by atoms with Crippen LogP contribution >= 0.6 is 0 Å². The summed E-state index contributed by atoms with van der Waals surface area (Å²) in [5.74, 6) is -0.346. The molecule has 0 spiro atoms. The van der Waals surface area contributed by atoms with Gasteiger partial charge in [-0.3, -0.25) is 9.00 Å². The minimum atomic E-state index is -1.03. The Morgan fingerprint density at radius 3 is 2.47 bits per heavy atom. The van der Waals surface area contributed by atoms with Crippen molar-refractivity contribution in [2.45, 2.75) is 38.8 Å². The molecule has 15 heavy (non-hydrogen) atoms. The van der Waals surface area contributed by atoms with E-state index in [2.05, 4.69) is 0 Å². The molecule has 0 fully saturated rings. The summed E-state index contributed by atoms with van der Waals surface area (Å²) in [5.41, 5.74) is 5.13. The molecule has 0 rings (SSSR count). The van der Waals surface area contributed by atoms with Crippen molar-refractivity contribution in [2.24, 2.45) is 5.73 Å². The second-order valence-electron chi connectivity index (χ2n) is 4.28. The third-order valence-electron chi connectivity index (χ3n) is 1.34. The van der Waals surface area contributed by atoms with E-state index in [1.54, 1.807) is 26.8 Å². The van der Waals surface area contributed by atoms with E-state index in [1.807, 2.05) is 0 Å². The van der Waals surface area contributed by atoms with E-state index >= 15 is 0 Å². The maximum Gasteiger partial charge on any atom is 0.308 e. The minimum Gasteiger partial charge on any atom is -0.460 e. The predicted molar refractivity (Wildman–Crippen MR) is 61.6 cm³/mol. The zero-order valence-corrected chi connectivity index (χ0v) is 10.5. The van der Waals surface area contributed by atoms with Crippen LogP contribution in [0.25, 0.3) is 0 Å². The van der Waals surface area contributed by atoms with Crippen LogP contribution in [0.4, 0.5) is 0 Å². The maximum atomic E-state index is 11.3. The van der Waals surface area contributed by atoms with E-state index in [4.69, 9.17) is 10.5 Å². The van der Waals surface area contributed by atoms with Crippen molar-refractivity contribution in [3.8, 4) is 0 Å². The minimum absolute atomic E-state index is 0.102. The molecule has 0 aromatic heterocycles. The van der Waals surface area contributed by atoms with Crippen LogP contribution in [0.3, 0.4) is 0 Å². The van der Waals surface area contributed by atoms with Crippen LogP contribution in [0.2, 0.25) is 0 Å². The molecular weight excluding hydrogens is 214 g/mol. The Bertz CT molecular complexity index is 268. The molecule has 0 saturated heterocycles. The monoisotopic (exact) mass is 233 g/mol. The molecule has 0 aromatic carbocycles. The van der Waals surface area contributed by atoms with Crippen LogP contribution in [0.1, 0.15) is 27.2 Å². The number of esters is 1. The fourth-order valence-corrected chi connectivity index (χ4v) is 1.28. The molecule has 0 radical (unpaired) electrons. The van der Waals surface area contributed by atoms with Gasteiger partial charge >= 0.3 is 5.97 Å². The first-order valence-corrected chi connectivity index (χ1v) is 6.31. The van der Waals surface area contributed by atoms with E-state index in [0.717, 1.165) is 0 Å². The van der Waals surface area contributed by atoms with Gasteiger partial charge in [-0.05, 0) is 26.2 Å². The van der Waals surface area contributed by atoms with Gasteiger partial charge in [0.25, 0.3) is 0 Å². The van der Waals surface area contributed by atoms with Gasteiger partial charge in [-0.1, -0.05) is 6.08 Å². The second kappa shape index (κ2) is 6.02. The van der Waals surface area contributed by atoms with Crippen molar-refractivity contribution >= 4 is 16.8 Å². The van der Waals surface area contributed by atoms with E-state index < -0.39 is 22.4 Å². The molecule has 2 atom stereocenters. The fourth-order valence-electron chi connectivity index (χ4n) is 0.855. The highest BCUT2D eigenvalue weighted by atomic mass is 32.2. The molecule has 4 nitrogen and oxygen atoms in total. The second-order valence-corrected chi connectivity index (χ2v) is 5.55. The lowest BCUT2D eigenvalue weighted by Gasteiger charge is -2.20. The van der Waals surface area contributed by atoms with Crippen LogP contribution in [0.15, 0.2) is 11.5 Å². The van der Waals surface area contributed by atoms with Gasteiger partial charge in [0, 0.05) is 23.1 Å². The first-order valence-electron chi connectivity index (χ1n) is 4.68. The molecule has 0 saturated carbocycles. The summed E-state index contributed by atoms with van der Waals surface area (Å²) in [5, 5.41) is 1.47. The molecule has 0 aromatic rings. The summed E-state index contributed by atoms with van der Waals surface area (Å²) in [6.45, 7) is 5.40. The molecule has 0 amide bonds. The Morgan fingerprint density at radius 1 is 1.53 bits per heavy atom. The lowest BCUT2D eigenvalue weighted by molar-refractivity contribution is -0.154. The van der Waals surface area contributed by atoms with Gasteiger partial charge in [0.2, 0.25) is 0 Å². The average Bonchev–Trinajstić information content (AvgIpc) is 1.96. The van der Waals surface area contributed by atoms with E-state index in [1.165, 1.54) is 11.7 Å². The van der Waals surface area contributed by atoms with Gasteiger partial charge in [0.15, 0.2) is 0 Å². The zero-order chi connectivity index (χ0) is 12.1. The number of nitrogens with two attached hydrogens (primary N) is 1. The fraction of sp³-hybridized carbons (Fsp3) is 0.700. The third-order valence-corrected chi connectivity index (χ3v) is 1.88. The Balaban J connectivity index is 4.02. The average molecular weight is 233 g/mol. The first kappa shape index (κ1) is 14.3. The van der Waals surface area contributed by atoms with Gasteiger partial charge in [-0.2, -0.15) is 0 Å². The molecule has 0 aliphatic rings. The standard InChI is InChI=1S/C10H19NO3S/c1-10(2,3)14-9(12)7-8(11)5-6-15(4)13/h5-6,8H,7,11H2,1-4H3/b6-5+. The lowest BCUT2D eigenvalue weighted by Crippen LogP contribution is -2.29. The molecule has 0 bridgehead atoms. The lowest BCUT2D eigenvalue weighted by atomic mass is 10.2. The molecular formula is C10H19NO3S. The Labute approximate surface area is 93.3 Å². The Hall–Kier alpha value is -0.680. The summed E-state index contributed by atoms with van der Waals surface area (Å²) in [6.07, 6.45) is 3.20. The summed E-state index contributed by atoms with van der Waals surface area (Å²) in [6, 6.07) is -0.441. The smallest absolute Gasteiger partial charge is 0.308 e. The van der Waals surface area contributed by atoms with Crippen molar-refractivity contribution in [3.05, 3.63) is 11.5 Å². The molecule has 0 aliphatic carbocycles. The van der Waals surface area contributed by atoms with Gasteiger partial charge < -0.3 is 10.5 Å². The van der Waals surface area contributed by atoms with Gasteiger partial charge in [-0.25, -0.2) is 0 Å². The van der Waals surface area contributed by atoms with Gasteiger partial charge in [0.05, 0.1) is 6.42 Å². The van der Waals surface area contributed by atoms with Crippen LogP contribution in [-0.4, -0.2) is 28.1 Å².